The fourth-order valence-corrected chi connectivity index (χ4v) is 1.22. The molecule has 0 unspecified atom stereocenters. The van der Waals surface area contributed by atoms with Gasteiger partial charge in [0, 0.05) is 11.6 Å². The summed E-state index contributed by atoms with van der Waals surface area (Å²) in [5, 5.41) is 10.9. The van der Waals surface area contributed by atoms with Crippen molar-refractivity contribution < 1.29 is 23.4 Å². The third-order valence-electron chi connectivity index (χ3n) is 1.94. The number of aliphatic hydroxyl groups excluding tert-OH is 1. The lowest BCUT2D eigenvalue weighted by molar-refractivity contribution is 0.0635. The summed E-state index contributed by atoms with van der Waals surface area (Å²) in [6, 6.07) is 1.62. The fraction of sp³-hybridized carbons (Fsp3) is 0.417. The molecule has 0 radical (unpaired) electrons. The third kappa shape index (κ3) is 3.96. The maximum atomic E-state index is 13.5. The van der Waals surface area contributed by atoms with E-state index in [4.69, 9.17) is 9.84 Å². The molecule has 1 aromatic carbocycles. The van der Waals surface area contributed by atoms with Gasteiger partial charge in [-0.3, -0.25) is 5.32 Å². The highest BCUT2D eigenvalue weighted by molar-refractivity contribution is 5.85. The molecule has 2 N–H and O–H groups in total. The minimum absolute atomic E-state index is 0.178. The zero-order chi connectivity index (χ0) is 13.9. The highest BCUT2D eigenvalue weighted by atomic mass is 19.1. The minimum atomic E-state index is -0.877. The van der Waals surface area contributed by atoms with Gasteiger partial charge in [0.05, 0.1) is 12.3 Å². The van der Waals surface area contributed by atoms with E-state index in [1.807, 2.05) is 0 Å². The van der Waals surface area contributed by atoms with E-state index in [0.717, 1.165) is 12.1 Å². The Morgan fingerprint density at radius 3 is 2.44 bits per heavy atom. The van der Waals surface area contributed by atoms with Crippen LogP contribution in [-0.4, -0.2) is 16.8 Å². The average Bonchev–Trinajstić information content (AvgIpc) is 2.20. The number of halogens is 2. The molecule has 0 atom stereocenters. The number of nitrogens with one attached hydrogen (secondary N) is 1. The molecule has 1 rings (SSSR count). The molecule has 0 aliphatic carbocycles. The molecule has 0 aliphatic heterocycles. The van der Waals surface area contributed by atoms with E-state index in [-0.39, 0.29) is 11.3 Å². The van der Waals surface area contributed by atoms with Gasteiger partial charge in [-0.15, -0.1) is 0 Å². The fourth-order valence-electron chi connectivity index (χ4n) is 1.22. The van der Waals surface area contributed by atoms with E-state index >= 15 is 0 Å². The number of rotatable bonds is 2. The molecule has 0 heterocycles. The lowest BCUT2D eigenvalue weighted by Gasteiger charge is -2.19. The lowest BCUT2D eigenvalue weighted by Crippen LogP contribution is -2.27. The van der Waals surface area contributed by atoms with E-state index in [0.29, 0.717) is 0 Å². The summed E-state index contributed by atoms with van der Waals surface area (Å²) in [7, 11) is 0. The van der Waals surface area contributed by atoms with Crippen LogP contribution in [0.25, 0.3) is 0 Å². The summed E-state index contributed by atoms with van der Waals surface area (Å²) in [5.74, 6) is -1.64. The van der Waals surface area contributed by atoms with Gasteiger partial charge in [-0.25, -0.2) is 13.6 Å². The molecule has 6 heteroatoms. The molecule has 1 amide bonds. The predicted octanol–water partition coefficient (Wildman–Crippen LogP) is 2.80. The SMILES string of the molecule is CC(C)(C)OC(=O)Nc1cc(F)c(CO)cc1F. The van der Waals surface area contributed by atoms with Crippen molar-refractivity contribution >= 4 is 11.8 Å². The Morgan fingerprint density at radius 1 is 1.33 bits per heavy atom. The second-order valence-corrected chi connectivity index (χ2v) is 4.71. The van der Waals surface area contributed by atoms with Gasteiger partial charge in [-0.2, -0.15) is 0 Å². The van der Waals surface area contributed by atoms with Crippen LogP contribution in [0, 0.1) is 11.6 Å². The average molecular weight is 259 g/mol. The molecule has 0 aliphatic rings. The third-order valence-corrected chi connectivity index (χ3v) is 1.94. The highest BCUT2D eigenvalue weighted by Gasteiger charge is 2.18. The first kappa shape index (κ1) is 14.4. The predicted molar refractivity (Wildman–Crippen MR) is 62.1 cm³/mol. The van der Waals surface area contributed by atoms with Crippen LogP contribution in [0.5, 0.6) is 0 Å². The van der Waals surface area contributed by atoms with Gasteiger partial charge < -0.3 is 9.84 Å². The maximum Gasteiger partial charge on any atom is 0.412 e. The Kier molecular flexibility index (Phi) is 4.24. The standard InChI is InChI=1S/C12H15F2NO3/c1-12(2,3)18-11(17)15-10-5-8(13)7(6-16)4-9(10)14/h4-5,16H,6H2,1-3H3,(H,15,17). The lowest BCUT2D eigenvalue weighted by atomic mass is 10.2. The van der Waals surface area contributed by atoms with E-state index < -0.39 is 29.9 Å². The van der Waals surface area contributed by atoms with Gasteiger partial charge >= 0.3 is 6.09 Å². The number of amides is 1. The Morgan fingerprint density at radius 2 is 1.94 bits per heavy atom. The summed E-state index contributed by atoms with van der Waals surface area (Å²) < 4.78 is 31.7. The molecular formula is C12H15F2NO3. The van der Waals surface area contributed by atoms with E-state index in [1.54, 1.807) is 20.8 Å². The van der Waals surface area contributed by atoms with Crippen molar-refractivity contribution in [2.45, 2.75) is 33.0 Å². The quantitative estimate of drug-likeness (QED) is 0.858. The first-order valence-corrected chi connectivity index (χ1v) is 5.31. The minimum Gasteiger partial charge on any atom is -0.444 e. The summed E-state index contributed by atoms with van der Waals surface area (Å²) in [6.45, 7) is 4.34. The molecule has 0 aromatic heterocycles. The van der Waals surface area contributed by atoms with E-state index in [2.05, 4.69) is 5.32 Å². The second-order valence-electron chi connectivity index (χ2n) is 4.71. The molecular weight excluding hydrogens is 244 g/mol. The van der Waals surface area contributed by atoms with Crippen LogP contribution in [0.15, 0.2) is 12.1 Å². The molecule has 0 saturated heterocycles. The van der Waals surface area contributed by atoms with Crippen molar-refractivity contribution in [1.82, 2.24) is 0 Å². The monoisotopic (exact) mass is 259 g/mol. The van der Waals surface area contributed by atoms with Gasteiger partial charge in [0.15, 0.2) is 0 Å². The van der Waals surface area contributed by atoms with Crippen molar-refractivity contribution in [1.29, 1.82) is 0 Å². The first-order chi connectivity index (χ1) is 8.23. The number of ether oxygens (including phenoxy) is 1. The Balaban J connectivity index is 2.86. The number of carbonyl (C=O) groups is 1. The Labute approximate surface area is 104 Å². The van der Waals surface area contributed by atoms with Crippen LogP contribution in [-0.2, 0) is 11.3 Å². The van der Waals surface area contributed by atoms with Crippen molar-refractivity contribution in [3.63, 3.8) is 0 Å². The molecule has 4 nitrogen and oxygen atoms in total. The van der Waals surface area contributed by atoms with Gasteiger partial charge in [-0.1, -0.05) is 0 Å². The van der Waals surface area contributed by atoms with Crippen molar-refractivity contribution in [2.75, 3.05) is 5.32 Å². The van der Waals surface area contributed by atoms with Crippen LogP contribution >= 0.6 is 0 Å². The van der Waals surface area contributed by atoms with E-state index in [9.17, 15) is 13.6 Å². The van der Waals surface area contributed by atoms with Crippen LogP contribution in [0.2, 0.25) is 0 Å². The van der Waals surface area contributed by atoms with Crippen LogP contribution in [0.4, 0.5) is 19.3 Å². The molecule has 0 saturated carbocycles. The molecule has 1 aromatic rings. The van der Waals surface area contributed by atoms with Crippen LogP contribution in [0.1, 0.15) is 26.3 Å². The Bertz CT molecular complexity index is 455. The zero-order valence-electron chi connectivity index (χ0n) is 10.4. The zero-order valence-corrected chi connectivity index (χ0v) is 10.4. The summed E-state index contributed by atoms with van der Waals surface area (Å²) in [5.41, 5.74) is -1.24. The molecule has 18 heavy (non-hydrogen) atoms. The summed E-state index contributed by atoms with van der Waals surface area (Å²) >= 11 is 0. The number of aliphatic hydroxyl groups is 1. The summed E-state index contributed by atoms with van der Waals surface area (Å²) in [4.78, 5) is 11.4. The highest BCUT2D eigenvalue weighted by Crippen LogP contribution is 2.20. The molecule has 0 bridgehead atoms. The van der Waals surface area contributed by atoms with Gasteiger partial charge in [0.25, 0.3) is 0 Å². The van der Waals surface area contributed by atoms with Crippen molar-refractivity contribution in [3.05, 3.63) is 29.3 Å². The van der Waals surface area contributed by atoms with E-state index in [1.165, 1.54) is 0 Å². The van der Waals surface area contributed by atoms with Gasteiger partial charge in [0.2, 0.25) is 0 Å². The number of hydrogen-bond acceptors (Lipinski definition) is 3. The smallest absolute Gasteiger partial charge is 0.412 e. The van der Waals surface area contributed by atoms with Crippen molar-refractivity contribution in [2.24, 2.45) is 0 Å². The van der Waals surface area contributed by atoms with Crippen molar-refractivity contribution in [3.8, 4) is 0 Å². The van der Waals surface area contributed by atoms with Crippen LogP contribution in [0.3, 0.4) is 0 Å². The van der Waals surface area contributed by atoms with Gasteiger partial charge in [0.1, 0.15) is 17.2 Å². The Hall–Kier alpha value is -1.69. The van der Waals surface area contributed by atoms with Crippen LogP contribution < -0.4 is 5.32 Å². The number of carbonyl (C=O) groups excluding carboxylic acids is 1. The first-order valence-electron chi connectivity index (χ1n) is 5.31. The molecule has 0 fully saturated rings. The topological polar surface area (TPSA) is 58.6 Å². The number of benzene rings is 1. The largest absolute Gasteiger partial charge is 0.444 e. The number of hydrogen-bond donors (Lipinski definition) is 2. The summed E-state index contributed by atoms with van der Waals surface area (Å²) in [6.07, 6.45) is -0.877. The molecule has 0 spiro atoms. The maximum absolute atomic E-state index is 13.5. The normalized spacial score (nSPS) is 11.2. The van der Waals surface area contributed by atoms with Gasteiger partial charge in [-0.05, 0) is 26.8 Å². The second kappa shape index (κ2) is 5.30. The number of anilines is 1. The molecule has 100 valence electrons.